The molecule has 0 atom stereocenters. The molecule has 0 aliphatic heterocycles. The Hall–Kier alpha value is -0.920. The van der Waals surface area contributed by atoms with Crippen LogP contribution in [0.2, 0.25) is 0 Å². The smallest absolute Gasteiger partial charge is 0.193 e. The lowest BCUT2D eigenvalue weighted by atomic mass is 9.50. The van der Waals surface area contributed by atoms with Gasteiger partial charge in [-0.2, -0.15) is 0 Å². The molecule has 0 radical (unpaired) electrons. The monoisotopic (exact) mass is 259 g/mol. The van der Waals surface area contributed by atoms with Gasteiger partial charge in [-0.3, -0.25) is 0 Å². The third kappa shape index (κ3) is 1.68. The molecule has 2 N–H and O–H groups in total. The van der Waals surface area contributed by atoms with Gasteiger partial charge in [-0.05, 0) is 73.2 Å². The van der Waals surface area contributed by atoms with Crippen LogP contribution in [0.4, 0.5) is 5.88 Å². The van der Waals surface area contributed by atoms with E-state index in [0.717, 1.165) is 23.7 Å². The number of anilines is 1. The maximum atomic E-state index is 6.19. The molecule has 2 nitrogen and oxygen atoms in total. The first-order valence-electron chi connectivity index (χ1n) is 8.00. The summed E-state index contributed by atoms with van der Waals surface area (Å²) in [6.45, 7) is 4.51. The van der Waals surface area contributed by atoms with Gasteiger partial charge in [-0.25, -0.2) is 0 Å². The Balaban J connectivity index is 1.75. The molecule has 1 aromatic rings. The summed E-state index contributed by atoms with van der Waals surface area (Å²) in [6, 6.07) is 0. The van der Waals surface area contributed by atoms with Gasteiger partial charge in [0.25, 0.3) is 0 Å². The maximum Gasteiger partial charge on any atom is 0.193 e. The molecule has 5 rings (SSSR count). The minimum atomic E-state index is 0.522. The number of nitrogens with two attached hydrogens (primary N) is 1. The van der Waals surface area contributed by atoms with Crippen LogP contribution in [0, 0.1) is 23.7 Å². The number of furan rings is 1. The van der Waals surface area contributed by atoms with Crippen LogP contribution in [0.15, 0.2) is 10.7 Å². The Morgan fingerprint density at radius 1 is 1.05 bits per heavy atom. The average molecular weight is 259 g/mol. The molecule has 0 spiro atoms. The lowest BCUT2D eigenvalue weighted by Gasteiger charge is -2.54. The van der Waals surface area contributed by atoms with Gasteiger partial charge in [0.15, 0.2) is 5.88 Å². The summed E-state index contributed by atoms with van der Waals surface area (Å²) in [7, 11) is 0. The largest absolute Gasteiger partial charge is 0.449 e. The van der Waals surface area contributed by atoms with Crippen LogP contribution >= 0.6 is 0 Å². The number of hydrogen-bond acceptors (Lipinski definition) is 2. The van der Waals surface area contributed by atoms with E-state index < -0.39 is 0 Å². The van der Waals surface area contributed by atoms with Crippen LogP contribution in [0.3, 0.4) is 0 Å². The normalized spacial score (nSPS) is 40.3. The summed E-state index contributed by atoms with van der Waals surface area (Å²) < 4.78 is 5.59. The third-order valence-corrected chi connectivity index (χ3v) is 6.07. The molecule has 4 fully saturated rings. The molecule has 1 heterocycles. The highest BCUT2D eigenvalue weighted by molar-refractivity contribution is 5.47. The SMILES string of the molecule is CC(C)c1coc(N)c1C1C2CC3CC(C2)CC1C3. The van der Waals surface area contributed by atoms with Crippen LogP contribution in [-0.2, 0) is 0 Å². The Morgan fingerprint density at radius 2 is 1.63 bits per heavy atom. The van der Waals surface area contributed by atoms with Crippen molar-refractivity contribution in [3.63, 3.8) is 0 Å². The molecule has 19 heavy (non-hydrogen) atoms. The van der Waals surface area contributed by atoms with Gasteiger partial charge < -0.3 is 10.2 Å². The molecule has 0 aromatic carbocycles. The predicted molar refractivity (Wildman–Crippen MR) is 77.0 cm³/mol. The molecule has 0 saturated heterocycles. The molecule has 2 heteroatoms. The van der Waals surface area contributed by atoms with E-state index in [1.807, 2.05) is 6.26 Å². The molecule has 0 amide bonds. The van der Waals surface area contributed by atoms with Crippen molar-refractivity contribution in [3.8, 4) is 0 Å². The van der Waals surface area contributed by atoms with E-state index in [2.05, 4.69) is 13.8 Å². The van der Waals surface area contributed by atoms with E-state index in [1.54, 1.807) is 0 Å². The number of hydrogen-bond donors (Lipinski definition) is 1. The molecule has 4 bridgehead atoms. The minimum absolute atomic E-state index is 0.522. The van der Waals surface area contributed by atoms with Crippen molar-refractivity contribution in [1.29, 1.82) is 0 Å². The highest BCUT2D eigenvalue weighted by atomic mass is 16.3. The van der Waals surface area contributed by atoms with Crippen LogP contribution in [0.5, 0.6) is 0 Å². The van der Waals surface area contributed by atoms with E-state index in [9.17, 15) is 0 Å². The fourth-order valence-corrected chi connectivity index (χ4v) is 5.60. The van der Waals surface area contributed by atoms with Gasteiger partial charge in [0.1, 0.15) is 0 Å². The quantitative estimate of drug-likeness (QED) is 0.847. The standard InChI is InChI=1S/C17H25NO/c1-9(2)14-8-19-17(18)16(14)15-12-4-10-3-11(6-12)7-13(15)5-10/h8-13,15H,3-7,18H2,1-2H3. The summed E-state index contributed by atoms with van der Waals surface area (Å²) in [4.78, 5) is 0. The lowest BCUT2D eigenvalue weighted by Crippen LogP contribution is -2.44. The van der Waals surface area contributed by atoms with Crippen molar-refractivity contribution < 1.29 is 4.42 Å². The van der Waals surface area contributed by atoms with Crippen LogP contribution < -0.4 is 5.73 Å². The Kier molecular flexibility index (Phi) is 2.52. The molecule has 0 unspecified atom stereocenters. The summed E-state index contributed by atoms with van der Waals surface area (Å²) in [5.74, 6) is 5.74. The van der Waals surface area contributed by atoms with Gasteiger partial charge in [0.2, 0.25) is 0 Å². The van der Waals surface area contributed by atoms with Crippen molar-refractivity contribution in [2.24, 2.45) is 23.7 Å². The zero-order valence-electron chi connectivity index (χ0n) is 12.1. The molecule has 4 aliphatic carbocycles. The summed E-state index contributed by atoms with van der Waals surface area (Å²) in [5.41, 5.74) is 8.96. The maximum absolute atomic E-state index is 6.19. The van der Waals surface area contributed by atoms with E-state index in [4.69, 9.17) is 10.2 Å². The summed E-state index contributed by atoms with van der Waals surface area (Å²) in [5, 5.41) is 0. The van der Waals surface area contributed by atoms with E-state index >= 15 is 0 Å². The van der Waals surface area contributed by atoms with Gasteiger partial charge in [0.05, 0.1) is 6.26 Å². The molecular formula is C17H25NO. The second kappa shape index (κ2) is 4.04. The average Bonchev–Trinajstić information content (AvgIpc) is 2.70. The summed E-state index contributed by atoms with van der Waals surface area (Å²) >= 11 is 0. The fraction of sp³-hybridized carbons (Fsp3) is 0.765. The predicted octanol–water partition coefficient (Wildman–Crippen LogP) is 4.52. The van der Waals surface area contributed by atoms with Crippen molar-refractivity contribution in [2.45, 2.75) is 57.8 Å². The number of rotatable bonds is 2. The van der Waals surface area contributed by atoms with Crippen molar-refractivity contribution in [2.75, 3.05) is 5.73 Å². The minimum Gasteiger partial charge on any atom is -0.449 e. The van der Waals surface area contributed by atoms with Crippen LogP contribution in [-0.4, -0.2) is 0 Å². The second-order valence-electron chi connectivity index (χ2n) is 7.58. The first-order chi connectivity index (χ1) is 9.13. The van der Waals surface area contributed by atoms with Gasteiger partial charge >= 0.3 is 0 Å². The third-order valence-electron chi connectivity index (χ3n) is 6.07. The van der Waals surface area contributed by atoms with Crippen LogP contribution in [0.25, 0.3) is 0 Å². The first-order valence-corrected chi connectivity index (χ1v) is 8.00. The summed E-state index contributed by atoms with van der Waals surface area (Å²) in [6.07, 6.45) is 9.21. The topological polar surface area (TPSA) is 39.2 Å². The van der Waals surface area contributed by atoms with Gasteiger partial charge in [-0.1, -0.05) is 13.8 Å². The van der Waals surface area contributed by atoms with Crippen molar-refractivity contribution in [3.05, 3.63) is 17.4 Å². The molecule has 4 saturated carbocycles. The van der Waals surface area contributed by atoms with Crippen LogP contribution in [0.1, 0.15) is 68.9 Å². The van der Waals surface area contributed by atoms with E-state index in [-0.39, 0.29) is 0 Å². The van der Waals surface area contributed by atoms with E-state index in [0.29, 0.717) is 17.7 Å². The van der Waals surface area contributed by atoms with Gasteiger partial charge in [0, 0.05) is 5.56 Å². The second-order valence-corrected chi connectivity index (χ2v) is 7.58. The highest BCUT2D eigenvalue weighted by Gasteiger charge is 2.50. The first kappa shape index (κ1) is 11.9. The fourth-order valence-electron chi connectivity index (χ4n) is 5.60. The molecular weight excluding hydrogens is 234 g/mol. The van der Waals surface area contributed by atoms with E-state index in [1.165, 1.54) is 43.2 Å². The van der Waals surface area contributed by atoms with Crippen molar-refractivity contribution >= 4 is 5.88 Å². The Bertz CT molecular complexity index is 459. The molecule has 104 valence electrons. The lowest BCUT2D eigenvalue weighted by molar-refractivity contribution is -0.00295. The zero-order valence-corrected chi connectivity index (χ0v) is 12.1. The highest BCUT2D eigenvalue weighted by Crippen LogP contribution is 2.61. The Labute approximate surface area is 115 Å². The zero-order chi connectivity index (χ0) is 13.1. The number of nitrogen functional groups attached to an aromatic ring is 1. The molecule has 1 aromatic heterocycles. The van der Waals surface area contributed by atoms with Crippen molar-refractivity contribution in [1.82, 2.24) is 0 Å². The molecule has 4 aliphatic rings. The Morgan fingerprint density at radius 3 is 2.16 bits per heavy atom. The van der Waals surface area contributed by atoms with Gasteiger partial charge in [-0.15, -0.1) is 0 Å².